The van der Waals surface area contributed by atoms with Crippen LogP contribution in [-0.4, -0.2) is 40.7 Å². The van der Waals surface area contributed by atoms with Crippen molar-refractivity contribution in [3.05, 3.63) is 0 Å². The first kappa shape index (κ1) is 38.2. The van der Waals surface area contributed by atoms with Gasteiger partial charge in [-0.05, 0) is 60.8 Å². The molecule has 0 spiro atoms. The normalized spacial score (nSPS) is 12.7. The van der Waals surface area contributed by atoms with E-state index in [4.69, 9.17) is 15.2 Å². The third-order valence-corrected chi connectivity index (χ3v) is 6.66. The van der Waals surface area contributed by atoms with Crippen LogP contribution in [-0.2, 0) is 28.7 Å². The molecule has 0 saturated heterocycles. The van der Waals surface area contributed by atoms with Crippen LogP contribution >= 0.6 is 0 Å². The second-order valence-electron chi connectivity index (χ2n) is 13.3. The number of ketones is 2. The van der Waals surface area contributed by atoms with E-state index in [1.54, 1.807) is 20.8 Å². The van der Waals surface area contributed by atoms with E-state index in [-0.39, 0.29) is 36.6 Å². The van der Waals surface area contributed by atoms with Gasteiger partial charge in [0.2, 0.25) is 0 Å². The van der Waals surface area contributed by atoms with Crippen LogP contribution in [0.15, 0.2) is 0 Å². The Bertz CT molecular complexity index is 719. The lowest BCUT2D eigenvalue weighted by molar-refractivity contribution is -0.157. The summed E-state index contributed by atoms with van der Waals surface area (Å²) < 4.78 is 10.5. The monoisotopic (exact) mass is 567 g/mol. The van der Waals surface area contributed by atoms with Gasteiger partial charge in [0.15, 0.2) is 11.6 Å². The highest BCUT2D eigenvalue weighted by Crippen LogP contribution is 2.16. The molecule has 0 rings (SSSR count). The fourth-order valence-electron chi connectivity index (χ4n) is 4.48. The first-order valence-corrected chi connectivity index (χ1v) is 16.0. The minimum Gasteiger partial charge on any atom is -0.460 e. The molecule has 0 amide bonds. The summed E-state index contributed by atoms with van der Waals surface area (Å²) in [5.74, 6) is -1.40. The predicted octanol–water partition coefficient (Wildman–Crippen LogP) is 7.94. The summed E-state index contributed by atoms with van der Waals surface area (Å²) >= 11 is 0. The number of nitrogens with two attached hydrogens (primary N) is 1. The first-order chi connectivity index (χ1) is 18.7. The molecule has 234 valence electrons. The van der Waals surface area contributed by atoms with E-state index in [2.05, 4.69) is 0 Å². The maximum Gasteiger partial charge on any atom is 0.323 e. The zero-order chi connectivity index (χ0) is 30.4. The third kappa shape index (κ3) is 25.2. The predicted molar refractivity (Wildman–Crippen MR) is 162 cm³/mol. The van der Waals surface area contributed by atoms with Crippen LogP contribution in [0.4, 0.5) is 0 Å². The van der Waals surface area contributed by atoms with Gasteiger partial charge in [-0.1, -0.05) is 89.9 Å². The molecule has 0 aliphatic rings. The van der Waals surface area contributed by atoms with Gasteiger partial charge in [0, 0.05) is 19.3 Å². The summed E-state index contributed by atoms with van der Waals surface area (Å²) in [4.78, 5) is 47.6. The van der Waals surface area contributed by atoms with Crippen molar-refractivity contribution >= 4 is 23.5 Å². The van der Waals surface area contributed by atoms with Crippen molar-refractivity contribution in [2.24, 2.45) is 5.73 Å². The highest BCUT2D eigenvalue weighted by atomic mass is 16.6. The summed E-state index contributed by atoms with van der Waals surface area (Å²) in [6, 6.07) is -0.879. The van der Waals surface area contributed by atoms with E-state index >= 15 is 0 Å². The standard InChI is InChI=1S/C33H61NO6/c1-32(2,3)39-30(37)24-22-20-18-16-14-12-10-8-7-9-11-13-15-17-19-21-23-28(35)29(36)26-25-27(34)31(38)40-33(4,5)6/h27H,7-26,34H2,1-6H3/t27-/m0/s1. The quantitative estimate of drug-likeness (QED) is 0.0715. The van der Waals surface area contributed by atoms with Crippen molar-refractivity contribution in [2.45, 2.75) is 187 Å². The van der Waals surface area contributed by atoms with Crippen LogP contribution in [0.3, 0.4) is 0 Å². The highest BCUT2D eigenvalue weighted by molar-refractivity contribution is 6.37. The lowest BCUT2D eigenvalue weighted by Gasteiger charge is -2.21. The van der Waals surface area contributed by atoms with Gasteiger partial charge in [-0.15, -0.1) is 0 Å². The van der Waals surface area contributed by atoms with Crippen LogP contribution in [0.25, 0.3) is 0 Å². The maximum atomic E-state index is 12.1. The molecule has 7 heteroatoms. The van der Waals surface area contributed by atoms with Crippen molar-refractivity contribution in [1.82, 2.24) is 0 Å². The van der Waals surface area contributed by atoms with Gasteiger partial charge < -0.3 is 15.2 Å². The number of hydrogen-bond acceptors (Lipinski definition) is 7. The Labute approximate surface area is 245 Å². The molecule has 0 heterocycles. The SMILES string of the molecule is CC(C)(C)OC(=O)CCCCCCCCCCCCCCCCCCC(=O)C(=O)CC[C@H](N)C(=O)OC(C)(C)C. The van der Waals surface area contributed by atoms with Gasteiger partial charge in [-0.3, -0.25) is 19.2 Å². The Balaban J connectivity index is 3.48. The Kier molecular flexibility index (Phi) is 21.0. The van der Waals surface area contributed by atoms with Crippen LogP contribution in [0.1, 0.15) is 170 Å². The highest BCUT2D eigenvalue weighted by Gasteiger charge is 2.24. The Morgan fingerprint density at radius 3 is 1.20 bits per heavy atom. The minimum atomic E-state index is -0.879. The van der Waals surface area contributed by atoms with Gasteiger partial charge in [0.25, 0.3) is 0 Å². The van der Waals surface area contributed by atoms with Crippen LogP contribution in [0.5, 0.6) is 0 Å². The summed E-state index contributed by atoms with van der Waals surface area (Å²) in [7, 11) is 0. The average Bonchev–Trinajstić information content (AvgIpc) is 2.83. The van der Waals surface area contributed by atoms with Crippen molar-refractivity contribution < 1.29 is 28.7 Å². The van der Waals surface area contributed by atoms with Gasteiger partial charge in [0.05, 0.1) is 0 Å². The molecule has 0 aromatic heterocycles. The van der Waals surface area contributed by atoms with Gasteiger partial charge >= 0.3 is 11.9 Å². The first-order valence-electron chi connectivity index (χ1n) is 16.0. The second-order valence-corrected chi connectivity index (χ2v) is 13.3. The van der Waals surface area contributed by atoms with E-state index in [1.165, 1.54) is 70.6 Å². The molecular weight excluding hydrogens is 506 g/mol. The minimum absolute atomic E-state index is 0.00335. The lowest BCUT2D eigenvalue weighted by Crippen LogP contribution is -2.38. The molecule has 0 bridgehead atoms. The molecule has 0 aromatic rings. The van der Waals surface area contributed by atoms with Gasteiger partial charge in [-0.25, -0.2) is 0 Å². The Morgan fingerprint density at radius 1 is 0.500 bits per heavy atom. The zero-order valence-corrected chi connectivity index (χ0v) is 26.7. The number of ether oxygens (including phenoxy) is 2. The fourth-order valence-corrected chi connectivity index (χ4v) is 4.48. The molecule has 0 fully saturated rings. The van der Waals surface area contributed by atoms with E-state index < -0.39 is 23.4 Å². The smallest absolute Gasteiger partial charge is 0.323 e. The topological polar surface area (TPSA) is 113 Å². The van der Waals surface area contributed by atoms with Gasteiger partial charge in [-0.2, -0.15) is 0 Å². The van der Waals surface area contributed by atoms with Crippen LogP contribution in [0.2, 0.25) is 0 Å². The molecule has 1 atom stereocenters. The summed E-state index contributed by atoms with van der Waals surface area (Å²) in [5, 5.41) is 0. The molecule has 2 N–H and O–H groups in total. The molecule has 0 aliphatic heterocycles. The number of hydrogen-bond donors (Lipinski definition) is 1. The molecule has 0 unspecified atom stereocenters. The number of carbonyl (C=O) groups excluding carboxylic acids is 4. The number of carbonyl (C=O) groups is 4. The number of rotatable bonds is 24. The molecular formula is C33H61NO6. The van der Waals surface area contributed by atoms with E-state index in [9.17, 15) is 19.2 Å². The molecule has 0 aliphatic carbocycles. The Hall–Kier alpha value is -1.76. The number of unbranched alkanes of at least 4 members (excludes halogenated alkanes) is 15. The second kappa shape index (κ2) is 21.9. The van der Waals surface area contributed by atoms with Crippen LogP contribution < -0.4 is 5.73 Å². The Morgan fingerprint density at radius 2 is 0.825 bits per heavy atom. The van der Waals surface area contributed by atoms with Crippen molar-refractivity contribution in [1.29, 1.82) is 0 Å². The van der Waals surface area contributed by atoms with Crippen LogP contribution in [0, 0.1) is 0 Å². The number of Topliss-reactive ketones (excluding diaryl/α,β-unsaturated/α-hetero) is 2. The molecule has 0 saturated carbocycles. The zero-order valence-electron chi connectivity index (χ0n) is 26.7. The molecule has 7 nitrogen and oxygen atoms in total. The third-order valence-electron chi connectivity index (χ3n) is 6.66. The maximum absolute atomic E-state index is 12.1. The summed E-state index contributed by atoms with van der Waals surface area (Å²) in [5.41, 5.74) is 4.78. The average molecular weight is 568 g/mol. The molecule has 40 heavy (non-hydrogen) atoms. The van der Waals surface area contributed by atoms with E-state index in [0.717, 1.165) is 32.1 Å². The van der Waals surface area contributed by atoms with E-state index in [0.29, 0.717) is 6.42 Å². The van der Waals surface area contributed by atoms with Crippen molar-refractivity contribution in [3.63, 3.8) is 0 Å². The molecule has 0 aromatic carbocycles. The summed E-state index contributed by atoms with van der Waals surface area (Å²) in [6.07, 6.45) is 19.8. The van der Waals surface area contributed by atoms with E-state index in [1.807, 2.05) is 20.8 Å². The largest absolute Gasteiger partial charge is 0.460 e. The van der Waals surface area contributed by atoms with Crippen molar-refractivity contribution in [2.75, 3.05) is 0 Å². The number of esters is 2. The summed E-state index contributed by atoms with van der Waals surface area (Å²) in [6.45, 7) is 11.0. The molecule has 0 radical (unpaired) electrons. The van der Waals surface area contributed by atoms with Gasteiger partial charge in [0.1, 0.15) is 17.2 Å². The fraction of sp³-hybridized carbons (Fsp3) is 0.879. The van der Waals surface area contributed by atoms with Crippen molar-refractivity contribution in [3.8, 4) is 0 Å². The lowest BCUT2D eigenvalue weighted by atomic mass is 10.0.